The van der Waals surface area contributed by atoms with Crippen LogP contribution in [0.15, 0.2) is 0 Å². The first-order valence-electron chi connectivity index (χ1n) is 4.71. The van der Waals surface area contributed by atoms with Gasteiger partial charge in [0.25, 0.3) is 0 Å². The van der Waals surface area contributed by atoms with Gasteiger partial charge >= 0.3 is 0 Å². The van der Waals surface area contributed by atoms with Crippen molar-refractivity contribution in [2.75, 3.05) is 6.54 Å². The SMILES string of the molecule is Cc1nc2c([nH]1)CN(C(C)N)CC2. The van der Waals surface area contributed by atoms with Crippen LogP contribution in [0.4, 0.5) is 0 Å². The molecule has 0 saturated carbocycles. The van der Waals surface area contributed by atoms with Crippen LogP contribution in [0, 0.1) is 6.92 Å². The van der Waals surface area contributed by atoms with Crippen LogP contribution < -0.4 is 5.73 Å². The van der Waals surface area contributed by atoms with Crippen molar-refractivity contribution in [1.82, 2.24) is 14.9 Å². The number of aromatic amines is 1. The van der Waals surface area contributed by atoms with Crippen molar-refractivity contribution in [3.8, 4) is 0 Å². The van der Waals surface area contributed by atoms with Crippen LogP contribution in [0.5, 0.6) is 0 Å². The second-order valence-electron chi connectivity index (χ2n) is 3.71. The predicted octanol–water partition coefficient (Wildman–Crippen LogP) is 0.381. The summed E-state index contributed by atoms with van der Waals surface area (Å²) < 4.78 is 0. The molecule has 1 atom stereocenters. The Labute approximate surface area is 78.1 Å². The van der Waals surface area contributed by atoms with Crippen LogP contribution in [-0.2, 0) is 13.0 Å². The van der Waals surface area contributed by atoms with Crippen molar-refractivity contribution in [1.29, 1.82) is 0 Å². The zero-order valence-electron chi connectivity index (χ0n) is 8.17. The normalized spacial score (nSPS) is 19.9. The van der Waals surface area contributed by atoms with Crippen LogP contribution in [0.3, 0.4) is 0 Å². The first kappa shape index (κ1) is 8.72. The van der Waals surface area contributed by atoms with E-state index < -0.39 is 0 Å². The molecule has 1 aliphatic rings. The lowest BCUT2D eigenvalue weighted by Crippen LogP contribution is -2.42. The summed E-state index contributed by atoms with van der Waals surface area (Å²) >= 11 is 0. The number of aryl methyl sites for hydroxylation is 1. The van der Waals surface area contributed by atoms with Gasteiger partial charge in [0.1, 0.15) is 5.82 Å². The van der Waals surface area contributed by atoms with E-state index in [1.54, 1.807) is 0 Å². The van der Waals surface area contributed by atoms with Crippen LogP contribution in [0.2, 0.25) is 0 Å². The number of nitrogens with one attached hydrogen (secondary N) is 1. The maximum atomic E-state index is 5.82. The molecule has 0 fully saturated rings. The van der Waals surface area contributed by atoms with Gasteiger partial charge in [0, 0.05) is 19.5 Å². The number of hydrogen-bond acceptors (Lipinski definition) is 3. The zero-order valence-corrected chi connectivity index (χ0v) is 8.17. The summed E-state index contributed by atoms with van der Waals surface area (Å²) in [5.41, 5.74) is 8.28. The summed E-state index contributed by atoms with van der Waals surface area (Å²) in [4.78, 5) is 9.94. The van der Waals surface area contributed by atoms with Crippen molar-refractivity contribution in [3.63, 3.8) is 0 Å². The van der Waals surface area contributed by atoms with Gasteiger partial charge in [0.05, 0.1) is 17.6 Å². The average molecular weight is 180 g/mol. The molecule has 72 valence electrons. The fraction of sp³-hybridized carbons (Fsp3) is 0.667. The smallest absolute Gasteiger partial charge is 0.103 e. The van der Waals surface area contributed by atoms with E-state index in [1.807, 2.05) is 13.8 Å². The summed E-state index contributed by atoms with van der Waals surface area (Å²) in [7, 11) is 0. The molecule has 13 heavy (non-hydrogen) atoms. The van der Waals surface area contributed by atoms with Crippen molar-refractivity contribution in [3.05, 3.63) is 17.2 Å². The van der Waals surface area contributed by atoms with Gasteiger partial charge in [-0.15, -0.1) is 0 Å². The summed E-state index contributed by atoms with van der Waals surface area (Å²) in [5, 5.41) is 0. The van der Waals surface area contributed by atoms with E-state index in [-0.39, 0.29) is 6.17 Å². The Kier molecular flexibility index (Phi) is 2.09. The molecule has 1 aromatic heterocycles. The van der Waals surface area contributed by atoms with Crippen LogP contribution in [0.1, 0.15) is 24.1 Å². The molecule has 0 bridgehead atoms. The second-order valence-corrected chi connectivity index (χ2v) is 3.71. The van der Waals surface area contributed by atoms with Gasteiger partial charge in [-0.05, 0) is 13.8 Å². The number of fused-ring (bicyclic) bond motifs is 1. The number of H-pyrrole nitrogens is 1. The van der Waals surface area contributed by atoms with E-state index in [0.29, 0.717) is 0 Å². The summed E-state index contributed by atoms with van der Waals surface area (Å²) in [6, 6.07) is 0. The first-order valence-corrected chi connectivity index (χ1v) is 4.71. The van der Waals surface area contributed by atoms with Gasteiger partial charge in [-0.2, -0.15) is 0 Å². The van der Waals surface area contributed by atoms with Crippen LogP contribution in [0.25, 0.3) is 0 Å². The van der Waals surface area contributed by atoms with Gasteiger partial charge in [-0.1, -0.05) is 0 Å². The first-order chi connectivity index (χ1) is 6.16. The summed E-state index contributed by atoms with van der Waals surface area (Å²) in [6.45, 7) is 5.95. The van der Waals surface area contributed by atoms with Crippen LogP contribution >= 0.6 is 0 Å². The molecule has 1 aromatic rings. The maximum Gasteiger partial charge on any atom is 0.103 e. The van der Waals surface area contributed by atoms with E-state index in [2.05, 4.69) is 14.9 Å². The highest BCUT2D eigenvalue weighted by Gasteiger charge is 2.20. The van der Waals surface area contributed by atoms with Gasteiger partial charge in [-0.3, -0.25) is 4.90 Å². The van der Waals surface area contributed by atoms with Crippen LogP contribution in [-0.4, -0.2) is 27.6 Å². The van der Waals surface area contributed by atoms with Crippen molar-refractivity contribution >= 4 is 0 Å². The minimum Gasteiger partial charge on any atom is -0.345 e. The molecular weight excluding hydrogens is 164 g/mol. The third-order valence-electron chi connectivity index (χ3n) is 2.56. The number of nitrogens with two attached hydrogens (primary N) is 1. The molecule has 4 heteroatoms. The summed E-state index contributed by atoms with van der Waals surface area (Å²) in [6.07, 6.45) is 1.15. The highest BCUT2D eigenvalue weighted by Crippen LogP contribution is 2.16. The third kappa shape index (κ3) is 1.59. The Balaban J connectivity index is 2.19. The molecule has 0 amide bonds. The van der Waals surface area contributed by atoms with Gasteiger partial charge in [-0.25, -0.2) is 4.98 Å². The predicted molar refractivity (Wildman–Crippen MR) is 51.1 cm³/mol. The van der Waals surface area contributed by atoms with Gasteiger partial charge in [0.15, 0.2) is 0 Å². The molecule has 0 spiro atoms. The molecule has 3 N–H and O–H groups in total. The van der Waals surface area contributed by atoms with E-state index in [4.69, 9.17) is 5.73 Å². The fourth-order valence-electron chi connectivity index (χ4n) is 1.81. The topological polar surface area (TPSA) is 57.9 Å². The Morgan fingerprint density at radius 2 is 2.38 bits per heavy atom. The van der Waals surface area contributed by atoms with E-state index in [9.17, 15) is 0 Å². The Bertz CT molecular complexity index is 303. The maximum absolute atomic E-state index is 5.82. The molecule has 2 rings (SSSR count). The Morgan fingerprint density at radius 3 is 3.08 bits per heavy atom. The highest BCUT2D eigenvalue weighted by molar-refractivity contribution is 5.17. The summed E-state index contributed by atoms with van der Waals surface area (Å²) in [5.74, 6) is 1.01. The molecule has 0 saturated heterocycles. The molecule has 0 aliphatic carbocycles. The van der Waals surface area contributed by atoms with E-state index >= 15 is 0 Å². The largest absolute Gasteiger partial charge is 0.345 e. The third-order valence-corrected chi connectivity index (χ3v) is 2.56. The zero-order chi connectivity index (χ0) is 9.42. The highest BCUT2D eigenvalue weighted by atomic mass is 15.2. The Hall–Kier alpha value is -0.870. The quantitative estimate of drug-likeness (QED) is 0.657. The minimum absolute atomic E-state index is 0.136. The fourth-order valence-corrected chi connectivity index (χ4v) is 1.81. The van der Waals surface area contributed by atoms with Gasteiger partial charge in [0.2, 0.25) is 0 Å². The van der Waals surface area contributed by atoms with Crippen molar-refractivity contribution in [2.24, 2.45) is 5.73 Å². The molecule has 0 aromatic carbocycles. The molecule has 4 nitrogen and oxygen atoms in total. The molecule has 0 radical (unpaired) electrons. The lowest BCUT2D eigenvalue weighted by molar-refractivity contribution is 0.192. The molecule has 2 heterocycles. The van der Waals surface area contributed by atoms with Crippen molar-refractivity contribution < 1.29 is 0 Å². The number of imidazole rings is 1. The van der Waals surface area contributed by atoms with E-state index in [0.717, 1.165) is 25.3 Å². The second kappa shape index (κ2) is 3.12. The molecular formula is C9H16N4. The number of nitrogens with zero attached hydrogens (tertiary/aromatic N) is 2. The number of hydrogen-bond donors (Lipinski definition) is 2. The standard InChI is InChI=1S/C9H16N4/c1-6(10)13-4-3-8-9(5-13)12-7(2)11-8/h6H,3-5,10H2,1-2H3,(H,11,12). The number of rotatable bonds is 1. The Morgan fingerprint density at radius 1 is 1.62 bits per heavy atom. The lowest BCUT2D eigenvalue weighted by atomic mass is 10.1. The van der Waals surface area contributed by atoms with Crippen molar-refractivity contribution in [2.45, 2.75) is 33.0 Å². The minimum atomic E-state index is 0.136. The van der Waals surface area contributed by atoms with Gasteiger partial charge < -0.3 is 10.7 Å². The lowest BCUT2D eigenvalue weighted by Gasteiger charge is -2.29. The molecule has 1 unspecified atom stereocenters. The number of aromatic nitrogens is 2. The van der Waals surface area contributed by atoms with E-state index in [1.165, 1.54) is 11.4 Å². The monoisotopic (exact) mass is 180 g/mol. The molecule has 1 aliphatic heterocycles. The average Bonchev–Trinajstić information content (AvgIpc) is 2.42.